The van der Waals surface area contributed by atoms with Gasteiger partial charge in [0, 0.05) is 60.1 Å². The molecule has 2 aliphatic carbocycles. The number of rotatable bonds is 13. The first-order valence-electron chi connectivity index (χ1n) is 22.6. The number of aliphatic carboxylic acids is 1. The first-order valence-corrected chi connectivity index (χ1v) is 24.3. The number of benzene rings is 2. The Balaban J connectivity index is 0.000000168. The van der Waals surface area contributed by atoms with E-state index in [0.29, 0.717) is 39.0 Å². The summed E-state index contributed by atoms with van der Waals surface area (Å²) in [5, 5.41) is 18.3. The Bertz CT molecular complexity index is 3120. The second-order valence-electron chi connectivity index (χ2n) is 17.6. The highest BCUT2D eigenvalue weighted by molar-refractivity contribution is 7.19. The van der Waals surface area contributed by atoms with Gasteiger partial charge in [0.25, 0.3) is 0 Å². The molecule has 0 spiro atoms. The molecule has 4 aliphatic rings. The molecule has 3 N–H and O–H groups in total. The van der Waals surface area contributed by atoms with Crippen LogP contribution in [0, 0.1) is 11.8 Å². The molecular formula is C50H51N11O5S2. The van der Waals surface area contributed by atoms with Crippen LogP contribution in [0.25, 0.3) is 20.4 Å². The molecule has 2 aromatic carbocycles. The summed E-state index contributed by atoms with van der Waals surface area (Å²) < 4.78 is 11.2. The van der Waals surface area contributed by atoms with E-state index in [2.05, 4.69) is 56.5 Å². The summed E-state index contributed by atoms with van der Waals surface area (Å²) in [6.07, 6.45) is 14.8. The molecule has 16 nitrogen and oxygen atoms in total. The number of carboxylic acid groups (broad SMARTS) is 1. The molecular weight excluding hydrogens is 899 g/mol. The van der Waals surface area contributed by atoms with Crippen molar-refractivity contribution in [2.75, 3.05) is 52.0 Å². The van der Waals surface area contributed by atoms with Crippen LogP contribution in [0.3, 0.4) is 0 Å². The van der Waals surface area contributed by atoms with Crippen LogP contribution < -0.4 is 20.1 Å². The number of ether oxygens (including phenoxy) is 2. The highest BCUT2D eigenvalue weighted by Crippen LogP contribution is 2.44. The third-order valence-corrected chi connectivity index (χ3v) is 15.4. The fourth-order valence-electron chi connectivity index (χ4n) is 9.45. The monoisotopic (exact) mass is 949 g/mol. The number of likely N-dealkylation sites (N-methyl/N-ethyl adjacent to an activating group) is 1. The maximum absolute atomic E-state index is 13.8. The normalized spacial score (nSPS) is 16.4. The Kier molecular flexibility index (Phi) is 12.8. The van der Waals surface area contributed by atoms with E-state index in [0.717, 1.165) is 120 Å². The number of aliphatic imine (C=N–C) groups is 2. The number of aromatic nitrogens is 5. The van der Waals surface area contributed by atoms with Gasteiger partial charge in [0.05, 0.1) is 55.4 Å². The molecule has 7 heterocycles. The van der Waals surface area contributed by atoms with Crippen molar-refractivity contribution in [1.29, 1.82) is 0 Å². The fourth-order valence-corrected chi connectivity index (χ4v) is 12.0. The molecule has 7 aromatic rings. The summed E-state index contributed by atoms with van der Waals surface area (Å²) in [5.41, 5.74) is 9.61. The number of carboxylic acids is 1. The Labute approximate surface area is 401 Å². The SMILES string of the molecule is COc1cc2c(cc1Nc1ncnc3sc4c(c13)CC[C@H](C(=O)N(CCN(C)C)Cc1cccnc1)C4)C=NC2.COc1cc2c(cc1Nc1ncnc3sc4c(c13)CC[C@H](C(=O)O)C4)C=NC2. The van der Waals surface area contributed by atoms with Gasteiger partial charge in [-0.05, 0) is 122 Å². The lowest BCUT2D eigenvalue weighted by atomic mass is 9.86. The number of carbonyl (C=O) groups excluding carboxylic acids is 1. The van der Waals surface area contributed by atoms with Crippen molar-refractivity contribution in [3.8, 4) is 11.5 Å². The van der Waals surface area contributed by atoms with Crippen LogP contribution in [0.2, 0.25) is 0 Å². The lowest BCUT2D eigenvalue weighted by Gasteiger charge is -2.30. The van der Waals surface area contributed by atoms with Gasteiger partial charge in [-0.1, -0.05) is 6.07 Å². The van der Waals surface area contributed by atoms with Crippen LogP contribution in [-0.2, 0) is 54.9 Å². The average Bonchev–Trinajstić information content (AvgIpc) is 4.17. The molecule has 5 aromatic heterocycles. The third kappa shape index (κ3) is 9.10. The topological polar surface area (TPSA) is 193 Å². The molecule has 0 unspecified atom stereocenters. The Morgan fingerprint density at radius 3 is 1.84 bits per heavy atom. The molecule has 11 rings (SSSR count). The molecule has 0 saturated heterocycles. The summed E-state index contributed by atoms with van der Waals surface area (Å²) >= 11 is 3.25. The molecule has 0 bridgehead atoms. The van der Waals surface area contributed by atoms with Gasteiger partial charge in [-0.3, -0.25) is 24.6 Å². The van der Waals surface area contributed by atoms with Crippen LogP contribution in [0.15, 0.2) is 71.4 Å². The number of carbonyl (C=O) groups is 2. The molecule has 1 amide bonds. The standard InChI is InChI=1S/C30H33N7O2S.C20H18N4O3S/c1-36(2)9-10-37(17-19-5-4-8-31-14-19)30(38)20-6-7-23-26(13-20)40-29-27(23)28(33-18-34-29)35-24-11-21-15-32-16-22(21)12-25(24)39-3;1-27-15-5-12-8-21-7-11(12)4-14(15)24-18-17-13-3-2-10(20(25)26)6-16(13)28-19(17)23-9-22-18/h4-5,8,11-12,14-15,18,20H,6-7,9-10,13,16-17H2,1-3H3,(H,33,34,35);4-5,7,9-10H,2-3,6,8H2,1H3,(H,25,26)(H,22,23,24)/t20-;10-/m00/s1. The van der Waals surface area contributed by atoms with Crippen molar-refractivity contribution in [1.82, 2.24) is 34.7 Å². The third-order valence-electron chi connectivity index (χ3n) is 13.0. The first kappa shape index (κ1) is 44.9. The molecule has 18 heteroatoms. The maximum Gasteiger partial charge on any atom is 0.306 e. The number of anilines is 4. The van der Waals surface area contributed by atoms with Crippen molar-refractivity contribution in [2.24, 2.45) is 21.8 Å². The predicted molar refractivity (Wildman–Crippen MR) is 267 cm³/mol. The smallest absolute Gasteiger partial charge is 0.306 e. The van der Waals surface area contributed by atoms with E-state index < -0.39 is 5.97 Å². The number of thiophene rings is 2. The van der Waals surface area contributed by atoms with Gasteiger partial charge in [0.2, 0.25) is 5.91 Å². The fraction of sp³-hybridized carbons (Fsp3) is 0.340. The minimum atomic E-state index is -0.725. The minimum absolute atomic E-state index is 0.0557. The molecule has 0 radical (unpaired) electrons. The maximum atomic E-state index is 13.8. The van der Waals surface area contributed by atoms with Gasteiger partial charge >= 0.3 is 5.97 Å². The van der Waals surface area contributed by atoms with Crippen LogP contribution >= 0.6 is 22.7 Å². The number of nitrogens with one attached hydrogen (secondary N) is 2. The van der Waals surface area contributed by atoms with Gasteiger partial charge in [0.15, 0.2) is 0 Å². The van der Waals surface area contributed by atoms with Gasteiger partial charge in [-0.25, -0.2) is 19.9 Å². The molecule has 0 fully saturated rings. The van der Waals surface area contributed by atoms with Gasteiger partial charge < -0.3 is 35.0 Å². The highest BCUT2D eigenvalue weighted by atomic mass is 32.1. The van der Waals surface area contributed by atoms with Gasteiger partial charge in [-0.2, -0.15) is 0 Å². The van der Waals surface area contributed by atoms with Crippen LogP contribution in [0.1, 0.15) is 61.5 Å². The number of nitrogens with zero attached hydrogens (tertiary/aromatic N) is 9. The van der Waals surface area contributed by atoms with E-state index in [1.807, 2.05) is 68.0 Å². The lowest BCUT2D eigenvalue weighted by molar-refractivity contribution is -0.142. The van der Waals surface area contributed by atoms with Crippen LogP contribution in [0.4, 0.5) is 23.0 Å². The number of hydrogen-bond donors (Lipinski definition) is 3. The van der Waals surface area contributed by atoms with Crippen molar-refractivity contribution >= 4 is 90.4 Å². The second-order valence-corrected chi connectivity index (χ2v) is 19.8. The number of aryl methyl sites for hydroxylation is 2. The van der Waals surface area contributed by atoms with Crippen molar-refractivity contribution in [3.05, 3.63) is 110 Å². The van der Waals surface area contributed by atoms with Crippen molar-refractivity contribution in [3.63, 3.8) is 0 Å². The van der Waals surface area contributed by atoms with Crippen molar-refractivity contribution in [2.45, 2.75) is 58.2 Å². The van der Waals surface area contributed by atoms with Gasteiger partial charge in [-0.15, -0.1) is 22.7 Å². The highest BCUT2D eigenvalue weighted by Gasteiger charge is 2.33. The summed E-state index contributed by atoms with van der Waals surface area (Å²) in [6, 6.07) is 12.1. The minimum Gasteiger partial charge on any atom is -0.495 e. The Hall–Kier alpha value is -6.89. The number of amides is 1. The zero-order valence-electron chi connectivity index (χ0n) is 38.3. The van der Waals surface area contributed by atoms with Crippen LogP contribution in [-0.4, -0.2) is 106 Å². The number of hydrogen-bond acceptors (Lipinski definition) is 16. The van der Waals surface area contributed by atoms with Gasteiger partial charge in [0.1, 0.15) is 45.5 Å². The molecule has 0 saturated carbocycles. The van der Waals surface area contributed by atoms with E-state index in [1.54, 1.807) is 55.7 Å². The summed E-state index contributed by atoms with van der Waals surface area (Å²) in [7, 11) is 7.40. The average molecular weight is 950 g/mol. The molecule has 68 heavy (non-hydrogen) atoms. The number of pyridine rings is 1. The molecule has 2 aliphatic heterocycles. The lowest BCUT2D eigenvalue weighted by Crippen LogP contribution is -2.41. The summed E-state index contributed by atoms with van der Waals surface area (Å²) in [4.78, 5) is 64.6. The quantitative estimate of drug-likeness (QED) is 0.101. The molecule has 348 valence electrons. The predicted octanol–water partition coefficient (Wildman–Crippen LogP) is 8.03. The van der Waals surface area contributed by atoms with E-state index >= 15 is 0 Å². The Morgan fingerprint density at radius 1 is 0.765 bits per heavy atom. The van der Waals surface area contributed by atoms with E-state index in [-0.39, 0.29) is 17.7 Å². The number of fused-ring (bicyclic) bond motifs is 8. The van der Waals surface area contributed by atoms with E-state index in [1.165, 1.54) is 16.0 Å². The molecule has 2 atom stereocenters. The van der Waals surface area contributed by atoms with E-state index in [4.69, 9.17) is 9.47 Å². The first-order chi connectivity index (χ1) is 33.1. The number of methoxy groups -OCH3 is 2. The zero-order chi connectivity index (χ0) is 46.9. The zero-order valence-corrected chi connectivity index (χ0v) is 39.9. The largest absolute Gasteiger partial charge is 0.495 e. The van der Waals surface area contributed by atoms with Crippen molar-refractivity contribution < 1.29 is 24.2 Å². The second kappa shape index (κ2) is 19.4. The summed E-state index contributed by atoms with van der Waals surface area (Å²) in [5.74, 6) is 2.11. The Morgan fingerprint density at radius 2 is 1.32 bits per heavy atom. The van der Waals surface area contributed by atoms with Crippen LogP contribution in [0.5, 0.6) is 11.5 Å². The summed E-state index contributed by atoms with van der Waals surface area (Å²) in [6.45, 7) is 3.42. The van der Waals surface area contributed by atoms with E-state index in [9.17, 15) is 14.7 Å².